The van der Waals surface area contributed by atoms with Crippen molar-refractivity contribution in [3.63, 3.8) is 0 Å². The van der Waals surface area contributed by atoms with Crippen molar-refractivity contribution in [3.8, 4) is 0 Å². The third-order valence-corrected chi connectivity index (χ3v) is 7.16. The van der Waals surface area contributed by atoms with E-state index in [0.717, 1.165) is 38.1 Å². The Morgan fingerprint density at radius 2 is 1.87 bits per heavy atom. The zero-order valence-electron chi connectivity index (χ0n) is 16.9. The van der Waals surface area contributed by atoms with Crippen molar-refractivity contribution in [1.82, 2.24) is 14.9 Å². The maximum absolute atomic E-state index is 12.9. The average molecular weight is 470 g/mol. The van der Waals surface area contributed by atoms with Crippen LogP contribution in [0.1, 0.15) is 42.6 Å². The zero-order valence-corrected chi connectivity index (χ0v) is 18.5. The number of rotatable bonds is 8. The first-order valence-corrected chi connectivity index (χ1v) is 11.7. The summed E-state index contributed by atoms with van der Waals surface area (Å²) < 4.78 is 64.7. The number of nitrogens with one attached hydrogen (secondary N) is 2. The molecule has 0 aromatic heterocycles. The van der Waals surface area contributed by atoms with Gasteiger partial charge in [0.15, 0.2) is 0 Å². The van der Waals surface area contributed by atoms with Crippen LogP contribution in [0, 0.1) is 5.92 Å². The van der Waals surface area contributed by atoms with Crippen molar-refractivity contribution < 1.29 is 26.4 Å². The van der Waals surface area contributed by atoms with Crippen LogP contribution in [0.3, 0.4) is 0 Å². The predicted octanol–water partition coefficient (Wildman–Crippen LogP) is 3.13. The molecule has 2 N–H and O–H groups in total. The highest BCUT2D eigenvalue weighted by molar-refractivity contribution is 7.90. The smallest absolute Gasteiger partial charge is 0.352 e. The summed E-state index contributed by atoms with van der Waals surface area (Å²) in [5.74, 6) is -0.382. The van der Waals surface area contributed by atoms with Crippen molar-refractivity contribution in [2.45, 2.75) is 38.1 Å². The average Bonchev–Trinajstić information content (AvgIpc) is 2.65. The second kappa shape index (κ2) is 10.3. The number of alkyl halides is 3. The molecule has 30 heavy (non-hydrogen) atoms. The van der Waals surface area contributed by atoms with E-state index in [-0.39, 0.29) is 16.5 Å². The maximum Gasteiger partial charge on any atom is 0.416 e. The molecule has 1 aromatic rings. The molecule has 170 valence electrons. The first-order chi connectivity index (χ1) is 13.9. The Kier molecular flexibility index (Phi) is 8.55. The molecule has 1 aromatic carbocycles. The number of likely N-dealkylation sites (tertiary alicyclic amines) is 1. The third kappa shape index (κ3) is 7.40. The quantitative estimate of drug-likeness (QED) is 0.613. The molecule has 0 unspecified atom stereocenters. The number of amides is 1. The molecule has 0 bridgehead atoms. The molecule has 6 nitrogen and oxygen atoms in total. The highest BCUT2D eigenvalue weighted by Crippen LogP contribution is 2.32. The fraction of sp³-hybridized carbons (Fsp3) is 0.632. The van der Waals surface area contributed by atoms with Gasteiger partial charge in [0.2, 0.25) is 10.0 Å². The van der Waals surface area contributed by atoms with E-state index in [0.29, 0.717) is 19.6 Å². The summed E-state index contributed by atoms with van der Waals surface area (Å²) >= 11 is 5.72. The normalized spacial score (nSPS) is 16.8. The molecule has 1 fully saturated rings. The molecule has 1 amide bonds. The molecule has 1 aliphatic heterocycles. The van der Waals surface area contributed by atoms with E-state index in [2.05, 4.69) is 14.9 Å². The molecule has 1 heterocycles. The molecule has 11 heteroatoms. The largest absolute Gasteiger partial charge is 0.416 e. The number of piperidine rings is 1. The van der Waals surface area contributed by atoms with Gasteiger partial charge in [0.1, 0.15) is 0 Å². The molecule has 0 saturated carbocycles. The van der Waals surface area contributed by atoms with Gasteiger partial charge in [-0.3, -0.25) is 4.79 Å². The van der Waals surface area contributed by atoms with Gasteiger partial charge < -0.3 is 10.2 Å². The lowest BCUT2D eigenvalue weighted by atomic mass is 9.96. The number of carbonyl (C=O) groups is 1. The summed E-state index contributed by atoms with van der Waals surface area (Å²) in [6.45, 7) is 6.08. The minimum absolute atomic E-state index is 0.121. The standard InChI is InChI=1S/C19H27ClF3N3O3S/c1-13(2)30(28,29)25-5-8-26-6-3-14(4-7-26)12-24-18(27)15-9-16(19(21,22)23)11-17(20)10-15/h9-11,13-14,25H,3-8,12H2,1-2H3,(H,24,27). The molecular formula is C19H27ClF3N3O3S. The topological polar surface area (TPSA) is 78.5 Å². The van der Waals surface area contributed by atoms with Crippen LogP contribution >= 0.6 is 11.6 Å². The Balaban J connectivity index is 1.77. The predicted molar refractivity (Wildman–Crippen MR) is 110 cm³/mol. The van der Waals surface area contributed by atoms with Crippen LogP contribution < -0.4 is 10.0 Å². The van der Waals surface area contributed by atoms with Gasteiger partial charge in [0.25, 0.3) is 5.91 Å². The first-order valence-electron chi connectivity index (χ1n) is 9.75. The summed E-state index contributed by atoms with van der Waals surface area (Å²) in [5, 5.41) is 2.07. The van der Waals surface area contributed by atoms with Crippen molar-refractivity contribution in [2.75, 3.05) is 32.7 Å². The molecule has 0 aliphatic carbocycles. The summed E-state index contributed by atoms with van der Waals surface area (Å²) in [4.78, 5) is 14.4. The number of carbonyl (C=O) groups excluding carboxylic acids is 1. The molecule has 0 atom stereocenters. The van der Waals surface area contributed by atoms with Crippen LogP contribution in [0.25, 0.3) is 0 Å². The van der Waals surface area contributed by atoms with E-state index in [1.807, 2.05) is 0 Å². The summed E-state index contributed by atoms with van der Waals surface area (Å²) in [7, 11) is -3.27. The molecule has 0 spiro atoms. The van der Waals surface area contributed by atoms with Crippen LogP contribution in [0.4, 0.5) is 13.2 Å². The molecule has 1 saturated heterocycles. The number of sulfonamides is 1. The number of nitrogens with zero attached hydrogens (tertiary/aromatic N) is 1. The number of hydrogen-bond donors (Lipinski definition) is 2. The van der Waals surface area contributed by atoms with E-state index in [1.165, 1.54) is 6.07 Å². The van der Waals surface area contributed by atoms with Crippen LogP contribution in [0.15, 0.2) is 18.2 Å². The molecule has 0 radical (unpaired) electrons. The van der Waals surface area contributed by atoms with E-state index in [1.54, 1.807) is 13.8 Å². The van der Waals surface area contributed by atoms with Crippen LogP contribution in [-0.2, 0) is 16.2 Å². The van der Waals surface area contributed by atoms with Crippen molar-refractivity contribution in [1.29, 1.82) is 0 Å². The molecule has 2 rings (SSSR count). The van der Waals surface area contributed by atoms with Gasteiger partial charge in [0.05, 0.1) is 10.8 Å². The van der Waals surface area contributed by atoms with E-state index >= 15 is 0 Å². The maximum atomic E-state index is 12.9. The van der Waals surface area contributed by atoms with Crippen molar-refractivity contribution in [2.24, 2.45) is 5.92 Å². The fourth-order valence-electron chi connectivity index (χ4n) is 3.15. The van der Waals surface area contributed by atoms with Crippen LogP contribution in [-0.4, -0.2) is 57.2 Å². The Bertz CT molecular complexity index is 839. The minimum atomic E-state index is -4.57. The molecule has 1 aliphatic rings. The molecular weight excluding hydrogens is 443 g/mol. The van der Waals surface area contributed by atoms with Gasteiger partial charge in [0, 0.05) is 30.2 Å². The Hall–Kier alpha value is -1.36. The Labute approximate surface area is 180 Å². The van der Waals surface area contributed by atoms with Gasteiger partial charge >= 0.3 is 6.18 Å². The lowest BCUT2D eigenvalue weighted by Crippen LogP contribution is -2.42. The SMILES string of the molecule is CC(C)S(=O)(=O)NCCN1CCC(CNC(=O)c2cc(Cl)cc(C(F)(F)F)c2)CC1. The number of benzene rings is 1. The van der Waals surface area contributed by atoms with Gasteiger partial charge in [-0.2, -0.15) is 13.2 Å². The fourth-order valence-corrected chi connectivity index (χ4v) is 4.09. The first kappa shape index (κ1) is 24.9. The summed E-state index contributed by atoms with van der Waals surface area (Å²) in [6.07, 6.45) is -2.96. The lowest BCUT2D eigenvalue weighted by molar-refractivity contribution is -0.137. The van der Waals surface area contributed by atoms with Crippen molar-refractivity contribution in [3.05, 3.63) is 34.3 Å². The second-order valence-electron chi connectivity index (χ2n) is 7.71. The Morgan fingerprint density at radius 3 is 2.43 bits per heavy atom. The monoisotopic (exact) mass is 469 g/mol. The van der Waals surface area contributed by atoms with Gasteiger partial charge in [-0.1, -0.05) is 11.6 Å². The Morgan fingerprint density at radius 1 is 1.23 bits per heavy atom. The van der Waals surface area contributed by atoms with Crippen LogP contribution in [0.2, 0.25) is 5.02 Å². The number of halogens is 4. The van der Waals surface area contributed by atoms with Gasteiger partial charge in [-0.25, -0.2) is 13.1 Å². The lowest BCUT2D eigenvalue weighted by Gasteiger charge is -2.32. The highest BCUT2D eigenvalue weighted by Gasteiger charge is 2.31. The third-order valence-electron chi connectivity index (χ3n) is 5.10. The highest BCUT2D eigenvalue weighted by atomic mass is 35.5. The number of hydrogen-bond acceptors (Lipinski definition) is 4. The van der Waals surface area contributed by atoms with E-state index in [4.69, 9.17) is 11.6 Å². The van der Waals surface area contributed by atoms with E-state index in [9.17, 15) is 26.4 Å². The summed E-state index contributed by atoms with van der Waals surface area (Å²) in [6, 6.07) is 2.80. The van der Waals surface area contributed by atoms with Crippen LogP contribution in [0.5, 0.6) is 0 Å². The summed E-state index contributed by atoms with van der Waals surface area (Å²) in [5.41, 5.74) is -1.08. The van der Waals surface area contributed by atoms with E-state index < -0.39 is 32.9 Å². The second-order valence-corrected chi connectivity index (χ2v) is 10.5. The van der Waals surface area contributed by atoms with Gasteiger partial charge in [-0.05, 0) is 63.9 Å². The minimum Gasteiger partial charge on any atom is -0.352 e. The van der Waals surface area contributed by atoms with Gasteiger partial charge in [-0.15, -0.1) is 0 Å². The van der Waals surface area contributed by atoms with Crippen molar-refractivity contribution >= 4 is 27.5 Å². The zero-order chi connectivity index (χ0) is 22.5.